The van der Waals surface area contributed by atoms with Crippen LogP contribution in [0.25, 0.3) is 0 Å². The minimum atomic E-state index is -0.625. The first-order chi connectivity index (χ1) is 9.15. The Morgan fingerprint density at radius 3 is 2.53 bits per heavy atom. The molecule has 0 aliphatic heterocycles. The van der Waals surface area contributed by atoms with Crippen LogP contribution in [-0.4, -0.2) is 29.3 Å². The molecule has 2 amide bonds. The lowest BCUT2D eigenvalue weighted by Crippen LogP contribution is -2.52. The van der Waals surface area contributed by atoms with E-state index in [4.69, 9.17) is 0 Å². The second-order valence-corrected chi connectivity index (χ2v) is 6.87. The van der Waals surface area contributed by atoms with Gasteiger partial charge in [0.2, 0.25) is 0 Å². The Morgan fingerprint density at radius 1 is 1.11 bits per heavy atom. The van der Waals surface area contributed by atoms with Crippen molar-refractivity contribution in [1.82, 2.24) is 10.6 Å². The van der Waals surface area contributed by atoms with Gasteiger partial charge < -0.3 is 15.7 Å². The predicted octanol–water partition coefficient (Wildman–Crippen LogP) is 2.17. The van der Waals surface area contributed by atoms with E-state index in [9.17, 15) is 9.90 Å². The van der Waals surface area contributed by atoms with Crippen LogP contribution in [0, 0.1) is 11.8 Å². The second kappa shape index (κ2) is 5.31. The molecule has 2 unspecified atom stereocenters. The molecule has 0 spiro atoms. The highest BCUT2D eigenvalue weighted by atomic mass is 16.3. The first-order valence-electron chi connectivity index (χ1n) is 7.91. The molecule has 3 aliphatic carbocycles. The van der Waals surface area contributed by atoms with E-state index >= 15 is 0 Å². The summed E-state index contributed by atoms with van der Waals surface area (Å²) in [6, 6.07) is 0.247. The van der Waals surface area contributed by atoms with E-state index in [0.29, 0.717) is 12.6 Å². The van der Waals surface area contributed by atoms with Gasteiger partial charge in [0.1, 0.15) is 0 Å². The zero-order valence-electron chi connectivity index (χ0n) is 11.7. The molecule has 3 rings (SSSR count). The maximum absolute atomic E-state index is 11.9. The normalized spacial score (nSPS) is 33.3. The summed E-state index contributed by atoms with van der Waals surface area (Å²) >= 11 is 0. The maximum atomic E-state index is 11.9. The Labute approximate surface area is 115 Å². The van der Waals surface area contributed by atoms with Gasteiger partial charge in [0.25, 0.3) is 0 Å². The van der Waals surface area contributed by atoms with Gasteiger partial charge in [-0.15, -0.1) is 0 Å². The third kappa shape index (κ3) is 3.41. The van der Waals surface area contributed by atoms with Gasteiger partial charge in [0, 0.05) is 12.6 Å². The summed E-state index contributed by atoms with van der Waals surface area (Å²) in [5, 5.41) is 15.9. The van der Waals surface area contributed by atoms with Crippen molar-refractivity contribution in [2.24, 2.45) is 11.8 Å². The van der Waals surface area contributed by atoms with Gasteiger partial charge in [-0.1, -0.05) is 12.8 Å². The van der Waals surface area contributed by atoms with Crippen molar-refractivity contribution in [3.8, 4) is 0 Å². The molecular weight excluding hydrogens is 240 g/mol. The summed E-state index contributed by atoms with van der Waals surface area (Å²) in [5.41, 5.74) is -0.625. The molecule has 19 heavy (non-hydrogen) atoms. The van der Waals surface area contributed by atoms with Crippen molar-refractivity contribution < 1.29 is 9.90 Å². The molecule has 0 aromatic carbocycles. The summed E-state index contributed by atoms with van der Waals surface area (Å²) in [6.07, 6.45) is 10.4. The molecule has 3 N–H and O–H groups in total. The third-order valence-electron chi connectivity index (χ3n) is 5.20. The molecule has 3 fully saturated rings. The van der Waals surface area contributed by atoms with Gasteiger partial charge in [0.05, 0.1) is 5.60 Å². The quantitative estimate of drug-likeness (QED) is 0.730. The van der Waals surface area contributed by atoms with Crippen molar-refractivity contribution >= 4 is 6.03 Å². The van der Waals surface area contributed by atoms with E-state index in [-0.39, 0.29) is 6.03 Å². The molecule has 4 nitrogen and oxygen atoms in total. The van der Waals surface area contributed by atoms with Gasteiger partial charge in [-0.05, 0) is 56.8 Å². The highest BCUT2D eigenvalue weighted by molar-refractivity contribution is 5.74. The Morgan fingerprint density at radius 2 is 1.89 bits per heavy atom. The number of hydrogen-bond acceptors (Lipinski definition) is 2. The average Bonchev–Trinajstić information content (AvgIpc) is 3.19. The number of carbonyl (C=O) groups excluding carboxylic acids is 1. The van der Waals surface area contributed by atoms with E-state index in [1.54, 1.807) is 0 Å². The number of carbonyl (C=O) groups is 1. The fraction of sp³-hybridized carbons (Fsp3) is 0.933. The number of urea groups is 1. The van der Waals surface area contributed by atoms with E-state index in [0.717, 1.165) is 43.9 Å². The number of rotatable bonds is 4. The van der Waals surface area contributed by atoms with Crippen LogP contribution in [-0.2, 0) is 0 Å². The van der Waals surface area contributed by atoms with Crippen LogP contribution < -0.4 is 10.6 Å². The SMILES string of the molecule is O=C(NCC1(O)CCC1)NC1CCCC(C2CC2)C1. The smallest absolute Gasteiger partial charge is 0.315 e. The monoisotopic (exact) mass is 266 g/mol. The molecule has 0 heterocycles. The summed E-state index contributed by atoms with van der Waals surface area (Å²) in [4.78, 5) is 11.9. The molecule has 0 bridgehead atoms. The van der Waals surface area contributed by atoms with Gasteiger partial charge in [0.15, 0.2) is 0 Å². The number of aliphatic hydroxyl groups is 1. The lowest BCUT2D eigenvalue weighted by atomic mass is 9.80. The van der Waals surface area contributed by atoms with Crippen molar-refractivity contribution in [3.63, 3.8) is 0 Å². The highest BCUT2D eigenvalue weighted by Gasteiger charge is 2.36. The van der Waals surface area contributed by atoms with Gasteiger partial charge in [-0.2, -0.15) is 0 Å². The highest BCUT2D eigenvalue weighted by Crippen LogP contribution is 2.43. The van der Waals surface area contributed by atoms with Crippen LogP contribution in [0.5, 0.6) is 0 Å². The fourth-order valence-electron chi connectivity index (χ4n) is 3.60. The van der Waals surface area contributed by atoms with E-state index in [1.807, 2.05) is 0 Å². The molecular formula is C15H26N2O2. The largest absolute Gasteiger partial charge is 0.388 e. The Hall–Kier alpha value is -0.770. The summed E-state index contributed by atoms with van der Waals surface area (Å²) in [7, 11) is 0. The van der Waals surface area contributed by atoms with Crippen LogP contribution in [0.15, 0.2) is 0 Å². The molecule has 2 atom stereocenters. The number of nitrogens with one attached hydrogen (secondary N) is 2. The van der Waals surface area contributed by atoms with E-state index in [1.165, 1.54) is 25.7 Å². The molecule has 0 aromatic heterocycles. The van der Waals surface area contributed by atoms with Crippen molar-refractivity contribution in [2.75, 3.05) is 6.54 Å². The van der Waals surface area contributed by atoms with E-state index < -0.39 is 5.60 Å². The molecule has 108 valence electrons. The topological polar surface area (TPSA) is 61.4 Å². The Bertz CT molecular complexity index is 337. The number of amides is 2. The number of hydrogen-bond donors (Lipinski definition) is 3. The molecule has 0 radical (unpaired) electrons. The molecule has 0 aromatic rings. The van der Waals surface area contributed by atoms with Crippen molar-refractivity contribution in [3.05, 3.63) is 0 Å². The zero-order valence-corrected chi connectivity index (χ0v) is 11.7. The van der Waals surface area contributed by atoms with Crippen molar-refractivity contribution in [1.29, 1.82) is 0 Å². The molecule has 3 saturated carbocycles. The summed E-state index contributed by atoms with van der Waals surface area (Å²) < 4.78 is 0. The maximum Gasteiger partial charge on any atom is 0.315 e. The summed E-state index contributed by atoms with van der Waals surface area (Å²) in [5.74, 6) is 1.79. The first-order valence-corrected chi connectivity index (χ1v) is 7.91. The Balaban J connectivity index is 1.38. The zero-order chi connectivity index (χ0) is 13.3. The summed E-state index contributed by atoms with van der Waals surface area (Å²) in [6.45, 7) is 0.400. The van der Waals surface area contributed by atoms with Crippen LogP contribution in [0.3, 0.4) is 0 Å². The molecule has 4 heteroatoms. The van der Waals surface area contributed by atoms with Crippen LogP contribution in [0.1, 0.15) is 57.8 Å². The lowest BCUT2D eigenvalue weighted by molar-refractivity contribution is -0.0290. The van der Waals surface area contributed by atoms with Crippen molar-refractivity contribution in [2.45, 2.75) is 69.4 Å². The predicted molar refractivity (Wildman–Crippen MR) is 73.8 cm³/mol. The van der Waals surface area contributed by atoms with Gasteiger partial charge >= 0.3 is 6.03 Å². The first kappa shape index (κ1) is 13.2. The molecule has 3 aliphatic rings. The standard InChI is InChI=1S/C15H26N2O2/c18-14(16-10-15(19)7-2-8-15)17-13-4-1-3-12(9-13)11-5-6-11/h11-13,19H,1-10H2,(H2,16,17,18). The van der Waals surface area contributed by atoms with Gasteiger partial charge in [-0.25, -0.2) is 4.79 Å². The third-order valence-corrected chi connectivity index (χ3v) is 5.20. The second-order valence-electron chi connectivity index (χ2n) is 6.87. The van der Waals surface area contributed by atoms with E-state index in [2.05, 4.69) is 10.6 Å². The minimum absolute atomic E-state index is 0.0956. The fourth-order valence-corrected chi connectivity index (χ4v) is 3.60. The van der Waals surface area contributed by atoms with Crippen LogP contribution >= 0.6 is 0 Å². The van der Waals surface area contributed by atoms with Gasteiger partial charge in [-0.3, -0.25) is 0 Å². The molecule has 0 saturated heterocycles. The minimum Gasteiger partial charge on any atom is -0.388 e. The van der Waals surface area contributed by atoms with Crippen LogP contribution in [0.4, 0.5) is 4.79 Å². The average molecular weight is 266 g/mol. The Kier molecular flexibility index (Phi) is 3.70. The lowest BCUT2D eigenvalue weighted by Gasteiger charge is -2.37. The van der Waals surface area contributed by atoms with Crippen LogP contribution in [0.2, 0.25) is 0 Å².